The van der Waals surface area contributed by atoms with Crippen LogP contribution >= 0.6 is 0 Å². The Hall–Kier alpha value is -4.12. The number of hydrogen-bond acceptors (Lipinski definition) is 6. The Morgan fingerprint density at radius 3 is 2.00 bits per heavy atom. The lowest BCUT2D eigenvalue weighted by Gasteiger charge is -2.09. The van der Waals surface area contributed by atoms with Crippen LogP contribution in [-0.4, -0.2) is 35.8 Å². The highest BCUT2D eigenvalue weighted by molar-refractivity contribution is 6.06. The summed E-state index contributed by atoms with van der Waals surface area (Å²) in [4.78, 5) is 25.3. The molecule has 28 heavy (non-hydrogen) atoms. The normalized spacial score (nSPS) is 10.0. The molecule has 0 atom stereocenters. The molecular formula is C20H16N4O4. The Labute approximate surface area is 160 Å². The van der Waals surface area contributed by atoms with E-state index in [1.165, 1.54) is 20.4 Å². The van der Waals surface area contributed by atoms with Crippen LogP contribution in [0.25, 0.3) is 0 Å². The van der Waals surface area contributed by atoms with Crippen LogP contribution < -0.4 is 14.8 Å². The number of rotatable bonds is 5. The predicted molar refractivity (Wildman–Crippen MR) is 101 cm³/mol. The molecule has 0 aliphatic heterocycles. The van der Waals surface area contributed by atoms with Gasteiger partial charge in [-0.2, -0.15) is 15.0 Å². The molecule has 8 heteroatoms. The molecule has 0 saturated carbocycles. The third-order valence-electron chi connectivity index (χ3n) is 4.00. The second-order valence-corrected chi connectivity index (χ2v) is 5.65. The summed E-state index contributed by atoms with van der Waals surface area (Å²) in [6.07, 6.45) is 1.23. The van der Waals surface area contributed by atoms with E-state index in [1.54, 1.807) is 48.5 Å². The number of aromatic nitrogens is 2. The van der Waals surface area contributed by atoms with Gasteiger partial charge >= 0.3 is 0 Å². The second kappa shape index (κ2) is 8.05. The SMILES string of the molecule is COc1ccc(C(=O)Nc2c(C#N)cnn2C(=O)c2ccc(OC)cc2)cc1. The van der Waals surface area contributed by atoms with Gasteiger partial charge in [0.1, 0.15) is 23.1 Å². The van der Waals surface area contributed by atoms with E-state index in [1.807, 2.05) is 6.07 Å². The molecular weight excluding hydrogens is 360 g/mol. The fourth-order valence-corrected chi connectivity index (χ4v) is 2.48. The summed E-state index contributed by atoms with van der Waals surface area (Å²) < 4.78 is 11.1. The summed E-state index contributed by atoms with van der Waals surface area (Å²) in [5, 5.41) is 15.9. The van der Waals surface area contributed by atoms with Crippen molar-refractivity contribution in [2.24, 2.45) is 0 Å². The standard InChI is InChI=1S/C20H16N4O4/c1-27-16-7-3-13(4-8-16)19(25)23-18-15(11-21)12-22-24(18)20(26)14-5-9-17(28-2)10-6-14/h3-10,12H,1-2H3,(H,23,25). The molecule has 140 valence electrons. The quantitative estimate of drug-likeness (QED) is 0.734. The molecule has 0 aliphatic rings. The van der Waals surface area contributed by atoms with Crippen LogP contribution in [0, 0.1) is 11.3 Å². The molecule has 0 fully saturated rings. The van der Waals surface area contributed by atoms with E-state index in [4.69, 9.17) is 9.47 Å². The minimum Gasteiger partial charge on any atom is -0.497 e. The number of carbonyl (C=O) groups is 2. The van der Waals surface area contributed by atoms with Gasteiger partial charge in [0.25, 0.3) is 11.8 Å². The zero-order chi connectivity index (χ0) is 20.1. The largest absolute Gasteiger partial charge is 0.497 e. The number of nitriles is 1. The lowest BCUT2D eigenvalue weighted by Crippen LogP contribution is -2.21. The second-order valence-electron chi connectivity index (χ2n) is 5.65. The van der Waals surface area contributed by atoms with Crippen molar-refractivity contribution in [3.63, 3.8) is 0 Å². The first-order valence-corrected chi connectivity index (χ1v) is 8.19. The van der Waals surface area contributed by atoms with Gasteiger partial charge in [-0.25, -0.2) is 0 Å². The number of nitrogens with one attached hydrogen (secondary N) is 1. The van der Waals surface area contributed by atoms with Crippen LogP contribution in [0.1, 0.15) is 26.3 Å². The lowest BCUT2D eigenvalue weighted by atomic mass is 10.2. The smallest absolute Gasteiger partial charge is 0.280 e. The van der Waals surface area contributed by atoms with Crippen molar-refractivity contribution in [2.45, 2.75) is 0 Å². The summed E-state index contributed by atoms with van der Waals surface area (Å²) in [6, 6.07) is 14.8. The minimum atomic E-state index is -0.491. The monoisotopic (exact) mass is 376 g/mol. The number of anilines is 1. The molecule has 0 spiro atoms. The van der Waals surface area contributed by atoms with E-state index < -0.39 is 11.8 Å². The van der Waals surface area contributed by atoms with Crippen molar-refractivity contribution in [1.29, 1.82) is 5.26 Å². The highest BCUT2D eigenvalue weighted by Crippen LogP contribution is 2.20. The van der Waals surface area contributed by atoms with Gasteiger partial charge in [0.05, 0.1) is 20.4 Å². The predicted octanol–water partition coefficient (Wildman–Crippen LogP) is 2.71. The van der Waals surface area contributed by atoms with Crippen molar-refractivity contribution < 1.29 is 19.1 Å². The molecule has 1 N–H and O–H groups in total. The van der Waals surface area contributed by atoms with Crippen LogP contribution in [-0.2, 0) is 0 Å². The maximum Gasteiger partial charge on any atom is 0.280 e. The number of amides is 1. The first-order valence-electron chi connectivity index (χ1n) is 8.19. The van der Waals surface area contributed by atoms with E-state index in [2.05, 4.69) is 10.4 Å². The van der Waals surface area contributed by atoms with Crippen LogP contribution in [0.5, 0.6) is 11.5 Å². The Morgan fingerprint density at radius 1 is 0.964 bits per heavy atom. The Balaban J connectivity index is 1.90. The van der Waals surface area contributed by atoms with Gasteiger partial charge in [-0.3, -0.25) is 9.59 Å². The number of benzene rings is 2. The highest BCUT2D eigenvalue weighted by Gasteiger charge is 2.20. The molecule has 1 amide bonds. The number of hydrogen-bond donors (Lipinski definition) is 1. The van der Waals surface area contributed by atoms with Crippen LogP contribution in [0.3, 0.4) is 0 Å². The fourth-order valence-electron chi connectivity index (χ4n) is 2.48. The molecule has 0 bridgehead atoms. The third-order valence-corrected chi connectivity index (χ3v) is 4.00. The average Bonchev–Trinajstić information content (AvgIpc) is 3.15. The summed E-state index contributed by atoms with van der Waals surface area (Å²) in [7, 11) is 3.05. The zero-order valence-corrected chi connectivity index (χ0v) is 15.2. The molecule has 0 radical (unpaired) electrons. The lowest BCUT2D eigenvalue weighted by molar-refractivity contribution is 0.0947. The summed E-state index contributed by atoms with van der Waals surface area (Å²) >= 11 is 0. The average molecular weight is 376 g/mol. The van der Waals surface area contributed by atoms with E-state index in [0.717, 1.165) is 4.68 Å². The third kappa shape index (κ3) is 3.68. The first kappa shape index (κ1) is 18.7. The summed E-state index contributed by atoms with van der Waals surface area (Å²) in [5.41, 5.74) is 0.742. The molecule has 3 rings (SSSR count). The first-order chi connectivity index (χ1) is 13.6. The Morgan fingerprint density at radius 2 is 1.50 bits per heavy atom. The van der Waals surface area contributed by atoms with E-state index in [0.29, 0.717) is 22.6 Å². The number of nitrogens with zero attached hydrogens (tertiary/aromatic N) is 3. The zero-order valence-electron chi connectivity index (χ0n) is 15.2. The number of methoxy groups -OCH3 is 2. The minimum absolute atomic E-state index is 0.00383. The van der Waals surface area contributed by atoms with Gasteiger partial charge in [-0.05, 0) is 48.5 Å². The van der Waals surface area contributed by atoms with Crippen LogP contribution in [0.15, 0.2) is 54.7 Å². The van der Waals surface area contributed by atoms with Crippen LogP contribution in [0.4, 0.5) is 5.82 Å². The van der Waals surface area contributed by atoms with Gasteiger partial charge in [-0.1, -0.05) is 0 Å². The Kier molecular flexibility index (Phi) is 5.37. The summed E-state index contributed by atoms with van der Waals surface area (Å²) in [6.45, 7) is 0. The van der Waals surface area contributed by atoms with Crippen LogP contribution in [0.2, 0.25) is 0 Å². The van der Waals surface area contributed by atoms with Gasteiger partial charge in [0.2, 0.25) is 0 Å². The van der Waals surface area contributed by atoms with Crippen molar-refractivity contribution in [2.75, 3.05) is 19.5 Å². The van der Waals surface area contributed by atoms with Gasteiger partial charge in [0, 0.05) is 11.1 Å². The molecule has 3 aromatic rings. The van der Waals surface area contributed by atoms with E-state index in [-0.39, 0.29) is 11.4 Å². The van der Waals surface area contributed by atoms with Crippen molar-refractivity contribution in [3.8, 4) is 17.6 Å². The topological polar surface area (TPSA) is 106 Å². The Bertz CT molecular complexity index is 1050. The van der Waals surface area contributed by atoms with Crippen molar-refractivity contribution in [3.05, 3.63) is 71.4 Å². The van der Waals surface area contributed by atoms with Gasteiger partial charge < -0.3 is 14.8 Å². The molecule has 0 aliphatic carbocycles. The molecule has 1 heterocycles. The molecule has 2 aromatic carbocycles. The maximum atomic E-state index is 12.8. The molecule has 0 unspecified atom stereocenters. The van der Waals surface area contributed by atoms with E-state index in [9.17, 15) is 14.9 Å². The number of ether oxygens (including phenoxy) is 2. The molecule has 1 aromatic heterocycles. The van der Waals surface area contributed by atoms with Crippen molar-refractivity contribution in [1.82, 2.24) is 9.78 Å². The number of carbonyl (C=O) groups excluding carboxylic acids is 2. The van der Waals surface area contributed by atoms with Crippen molar-refractivity contribution >= 4 is 17.6 Å². The molecule has 0 saturated heterocycles. The fraction of sp³-hybridized carbons (Fsp3) is 0.100. The maximum absolute atomic E-state index is 12.8. The highest BCUT2D eigenvalue weighted by atomic mass is 16.5. The van der Waals surface area contributed by atoms with E-state index >= 15 is 0 Å². The molecule has 8 nitrogen and oxygen atoms in total. The van der Waals surface area contributed by atoms with Gasteiger partial charge in [-0.15, -0.1) is 0 Å². The summed E-state index contributed by atoms with van der Waals surface area (Å²) in [5.74, 6) is 0.235. The van der Waals surface area contributed by atoms with Gasteiger partial charge in [0.15, 0.2) is 5.82 Å².